The van der Waals surface area contributed by atoms with Gasteiger partial charge in [-0.25, -0.2) is 4.98 Å². The summed E-state index contributed by atoms with van der Waals surface area (Å²) in [5.74, 6) is 0.925. The van der Waals surface area contributed by atoms with E-state index in [2.05, 4.69) is 20.9 Å². The van der Waals surface area contributed by atoms with Gasteiger partial charge in [0, 0.05) is 17.6 Å². The van der Waals surface area contributed by atoms with Crippen molar-refractivity contribution in [2.45, 2.75) is 0 Å². The van der Waals surface area contributed by atoms with Crippen LogP contribution < -0.4 is 0 Å². The zero-order chi connectivity index (χ0) is 10.1. The van der Waals surface area contributed by atoms with Gasteiger partial charge in [0.25, 0.3) is 0 Å². The zero-order valence-electron chi connectivity index (χ0n) is 7.54. The molecular formula is C10H8BrClN2. The molecule has 1 heterocycles. The molecule has 4 heteroatoms. The van der Waals surface area contributed by atoms with Crippen LogP contribution >= 0.6 is 27.5 Å². The summed E-state index contributed by atoms with van der Waals surface area (Å²) < 4.78 is 2.94. The van der Waals surface area contributed by atoms with Crippen LogP contribution in [-0.2, 0) is 7.05 Å². The van der Waals surface area contributed by atoms with Crippen molar-refractivity contribution in [2.75, 3.05) is 0 Å². The number of benzene rings is 1. The van der Waals surface area contributed by atoms with Crippen LogP contribution in [0.4, 0.5) is 0 Å². The summed E-state index contributed by atoms with van der Waals surface area (Å²) in [7, 11) is 1.96. The Kier molecular flexibility index (Phi) is 2.61. The number of aromatic nitrogens is 2. The molecule has 0 bridgehead atoms. The van der Waals surface area contributed by atoms with Crippen LogP contribution in [0.3, 0.4) is 0 Å². The second kappa shape index (κ2) is 3.75. The average Bonchev–Trinajstić information content (AvgIpc) is 2.50. The van der Waals surface area contributed by atoms with Crippen LogP contribution in [0.25, 0.3) is 11.4 Å². The van der Waals surface area contributed by atoms with Gasteiger partial charge >= 0.3 is 0 Å². The lowest BCUT2D eigenvalue weighted by Gasteiger charge is -2.02. The van der Waals surface area contributed by atoms with E-state index >= 15 is 0 Å². The third kappa shape index (κ3) is 1.70. The summed E-state index contributed by atoms with van der Waals surface area (Å²) in [5.41, 5.74) is 1.06. The molecule has 0 aliphatic rings. The van der Waals surface area contributed by atoms with E-state index in [0.29, 0.717) is 0 Å². The first-order chi connectivity index (χ1) is 6.68. The second-order valence-electron chi connectivity index (χ2n) is 2.97. The molecule has 0 spiro atoms. The molecular weight excluding hydrogens is 263 g/mol. The van der Waals surface area contributed by atoms with Gasteiger partial charge < -0.3 is 4.57 Å². The minimum atomic E-state index is 0.738. The normalized spacial score (nSPS) is 10.5. The predicted octanol–water partition coefficient (Wildman–Crippen LogP) is 3.50. The van der Waals surface area contributed by atoms with Crippen LogP contribution in [-0.4, -0.2) is 9.55 Å². The summed E-state index contributed by atoms with van der Waals surface area (Å²) in [4.78, 5) is 4.29. The summed E-state index contributed by atoms with van der Waals surface area (Å²) in [6.45, 7) is 0. The summed E-state index contributed by atoms with van der Waals surface area (Å²) in [5, 5.41) is 0.738. The molecule has 0 saturated carbocycles. The molecule has 0 unspecified atom stereocenters. The van der Waals surface area contributed by atoms with Gasteiger partial charge in [-0.1, -0.05) is 11.6 Å². The van der Waals surface area contributed by atoms with Crippen molar-refractivity contribution in [3.63, 3.8) is 0 Å². The van der Waals surface area contributed by atoms with Crippen molar-refractivity contribution in [1.82, 2.24) is 9.55 Å². The molecule has 0 amide bonds. The van der Waals surface area contributed by atoms with Crippen molar-refractivity contribution >= 4 is 27.5 Å². The van der Waals surface area contributed by atoms with Crippen LogP contribution in [0.15, 0.2) is 35.1 Å². The van der Waals surface area contributed by atoms with Crippen molar-refractivity contribution in [3.05, 3.63) is 40.1 Å². The highest BCUT2D eigenvalue weighted by atomic mass is 79.9. The van der Waals surface area contributed by atoms with Crippen molar-refractivity contribution in [1.29, 1.82) is 0 Å². The van der Waals surface area contributed by atoms with Crippen LogP contribution in [0.2, 0.25) is 5.02 Å². The van der Waals surface area contributed by atoms with E-state index in [1.54, 1.807) is 6.20 Å². The van der Waals surface area contributed by atoms with Gasteiger partial charge in [0.15, 0.2) is 0 Å². The molecule has 0 saturated heterocycles. The number of rotatable bonds is 1. The number of hydrogen-bond acceptors (Lipinski definition) is 1. The Hall–Kier alpha value is -0.800. The van der Waals surface area contributed by atoms with E-state index in [4.69, 9.17) is 11.6 Å². The molecule has 2 aromatic rings. The summed E-state index contributed by atoms with van der Waals surface area (Å²) in [6, 6.07) is 7.63. The van der Waals surface area contributed by atoms with E-state index in [9.17, 15) is 0 Å². The van der Waals surface area contributed by atoms with Gasteiger partial charge in [0.2, 0.25) is 0 Å². The Morgan fingerprint density at radius 1 is 1.29 bits per heavy atom. The number of imidazole rings is 1. The van der Waals surface area contributed by atoms with Crippen molar-refractivity contribution < 1.29 is 0 Å². The van der Waals surface area contributed by atoms with Crippen molar-refractivity contribution in [2.24, 2.45) is 7.05 Å². The van der Waals surface area contributed by atoms with Crippen LogP contribution in [0, 0.1) is 0 Å². The van der Waals surface area contributed by atoms with Crippen molar-refractivity contribution in [3.8, 4) is 11.4 Å². The largest absolute Gasteiger partial charge is 0.322 e. The molecule has 0 aliphatic heterocycles. The third-order valence-corrected chi connectivity index (χ3v) is 3.02. The fraction of sp³-hybridized carbons (Fsp3) is 0.100. The minimum Gasteiger partial charge on any atom is -0.322 e. The Balaban J connectivity index is 2.49. The highest BCUT2D eigenvalue weighted by molar-refractivity contribution is 9.10. The number of nitrogens with zero attached hydrogens (tertiary/aromatic N) is 2. The second-order valence-corrected chi connectivity index (χ2v) is 4.22. The maximum absolute atomic E-state index is 5.81. The van der Waals surface area contributed by atoms with Gasteiger partial charge in [0.1, 0.15) is 10.4 Å². The molecule has 0 atom stereocenters. The molecule has 0 aliphatic carbocycles. The van der Waals surface area contributed by atoms with E-state index in [0.717, 1.165) is 21.0 Å². The molecule has 0 fully saturated rings. The Morgan fingerprint density at radius 3 is 2.43 bits per heavy atom. The molecule has 14 heavy (non-hydrogen) atoms. The van der Waals surface area contributed by atoms with Gasteiger partial charge in [-0.15, -0.1) is 0 Å². The standard InChI is InChI=1S/C10H8BrClN2/c1-14-9(11)6-13-10(14)7-2-4-8(12)5-3-7/h2-6H,1H3. The number of halogens is 2. The van der Waals surface area contributed by atoms with Gasteiger partial charge in [-0.2, -0.15) is 0 Å². The smallest absolute Gasteiger partial charge is 0.140 e. The van der Waals surface area contributed by atoms with Gasteiger partial charge in [-0.3, -0.25) is 0 Å². The fourth-order valence-corrected chi connectivity index (χ4v) is 1.65. The predicted molar refractivity (Wildman–Crippen MR) is 61.4 cm³/mol. The molecule has 2 nitrogen and oxygen atoms in total. The molecule has 2 rings (SSSR count). The molecule has 0 N–H and O–H groups in total. The molecule has 0 radical (unpaired) electrons. The first-order valence-corrected chi connectivity index (χ1v) is 5.29. The van der Waals surface area contributed by atoms with Gasteiger partial charge in [0.05, 0.1) is 6.20 Å². The Labute approximate surface area is 95.7 Å². The molecule has 1 aromatic heterocycles. The summed E-state index contributed by atoms with van der Waals surface area (Å²) >= 11 is 9.21. The van der Waals surface area contributed by atoms with Crippen LogP contribution in [0.5, 0.6) is 0 Å². The van der Waals surface area contributed by atoms with E-state index in [-0.39, 0.29) is 0 Å². The highest BCUT2D eigenvalue weighted by Crippen LogP contribution is 2.22. The van der Waals surface area contributed by atoms with Crippen LogP contribution in [0.1, 0.15) is 0 Å². The maximum atomic E-state index is 5.81. The van der Waals surface area contributed by atoms with E-state index in [1.165, 1.54) is 0 Å². The fourth-order valence-electron chi connectivity index (χ4n) is 1.26. The molecule has 72 valence electrons. The first-order valence-electron chi connectivity index (χ1n) is 4.11. The minimum absolute atomic E-state index is 0.738. The summed E-state index contributed by atoms with van der Waals surface area (Å²) in [6.07, 6.45) is 1.78. The monoisotopic (exact) mass is 270 g/mol. The Bertz CT molecular complexity index is 448. The first kappa shape index (κ1) is 9.74. The lowest BCUT2D eigenvalue weighted by Crippen LogP contribution is -1.92. The topological polar surface area (TPSA) is 17.8 Å². The van der Waals surface area contributed by atoms with E-state index in [1.807, 2.05) is 35.9 Å². The maximum Gasteiger partial charge on any atom is 0.140 e. The SMILES string of the molecule is Cn1c(Br)cnc1-c1ccc(Cl)cc1. The highest BCUT2D eigenvalue weighted by Gasteiger charge is 2.05. The zero-order valence-corrected chi connectivity index (χ0v) is 9.88. The third-order valence-electron chi connectivity index (χ3n) is 2.03. The lowest BCUT2D eigenvalue weighted by atomic mass is 10.2. The quantitative estimate of drug-likeness (QED) is 0.776. The molecule has 1 aromatic carbocycles. The average molecular weight is 272 g/mol. The van der Waals surface area contributed by atoms with Gasteiger partial charge in [-0.05, 0) is 40.2 Å². The number of hydrogen-bond donors (Lipinski definition) is 0. The lowest BCUT2D eigenvalue weighted by molar-refractivity contribution is 0.902. The Morgan fingerprint density at radius 2 is 1.93 bits per heavy atom. The van der Waals surface area contributed by atoms with E-state index < -0.39 is 0 Å².